The highest BCUT2D eigenvalue weighted by Gasteiger charge is 2.10. The van der Waals surface area contributed by atoms with Crippen molar-refractivity contribution in [1.29, 1.82) is 0 Å². The lowest BCUT2D eigenvalue weighted by molar-refractivity contribution is 1.20. The Labute approximate surface area is 160 Å². The Balaban J connectivity index is 1.56. The number of nitrogens with zero attached hydrogens (tertiary/aromatic N) is 2. The molecule has 0 aliphatic heterocycles. The summed E-state index contributed by atoms with van der Waals surface area (Å²) in [5.41, 5.74) is 7.69. The number of hydrogen-bond donors (Lipinski definition) is 2. The van der Waals surface area contributed by atoms with Crippen LogP contribution in [0.3, 0.4) is 0 Å². The van der Waals surface area contributed by atoms with Gasteiger partial charge >= 0.3 is 0 Å². The molecule has 0 atom stereocenters. The molecular formula is C22H18N4S. The van der Waals surface area contributed by atoms with Gasteiger partial charge in [-0.15, -0.1) is 11.3 Å². The van der Waals surface area contributed by atoms with Gasteiger partial charge in [-0.3, -0.25) is 9.97 Å². The summed E-state index contributed by atoms with van der Waals surface area (Å²) in [4.78, 5) is 13.4. The molecule has 0 bridgehead atoms. The fourth-order valence-electron chi connectivity index (χ4n) is 3.39. The largest absolute Gasteiger partial charge is 0.359 e. The second-order valence-corrected chi connectivity index (χ2v) is 7.80. The minimum absolute atomic E-state index is 1.01. The molecule has 5 aromatic rings. The average Bonchev–Trinajstić information content (AvgIpc) is 3.24. The highest BCUT2D eigenvalue weighted by Crippen LogP contribution is 2.37. The molecule has 1 aromatic carbocycles. The molecule has 4 heterocycles. The van der Waals surface area contributed by atoms with E-state index in [2.05, 4.69) is 63.6 Å². The van der Waals surface area contributed by atoms with Crippen molar-refractivity contribution in [1.82, 2.24) is 15.0 Å². The second kappa shape index (κ2) is 6.21. The zero-order chi connectivity index (χ0) is 18.4. The molecule has 4 aromatic heterocycles. The minimum Gasteiger partial charge on any atom is -0.359 e. The van der Waals surface area contributed by atoms with Crippen LogP contribution in [0.5, 0.6) is 0 Å². The number of aryl methyl sites for hydroxylation is 2. The van der Waals surface area contributed by atoms with Crippen LogP contribution >= 0.6 is 11.3 Å². The Bertz CT molecular complexity index is 1280. The zero-order valence-corrected chi connectivity index (χ0v) is 15.9. The first kappa shape index (κ1) is 16.0. The smallest absolute Gasteiger partial charge is 0.0837 e. The van der Waals surface area contributed by atoms with Gasteiger partial charge in [0.25, 0.3) is 0 Å². The summed E-state index contributed by atoms with van der Waals surface area (Å²) >= 11 is 1.75. The van der Waals surface area contributed by atoms with Crippen LogP contribution in [0.4, 0.5) is 11.4 Å². The number of benzene rings is 1. The number of aromatic nitrogens is 3. The molecular weight excluding hydrogens is 352 g/mol. The highest BCUT2D eigenvalue weighted by atomic mass is 32.1. The van der Waals surface area contributed by atoms with Crippen molar-refractivity contribution >= 4 is 43.8 Å². The Morgan fingerprint density at radius 2 is 1.81 bits per heavy atom. The van der Waals surface area contributed by atoms with Crippen molar-refractivity contribution < 1.29 is 0 Å². The van der Waals surface area contributed by atoms with Crippen molar-refractivity contribution in [3.8, 4) is 10.4 Å². The Hall–Kier alpha value is -3.18. The van der Waals surface area contributed by atoms with Gasteiger partial charge in [-0.25, -0.2) is 0 Å². The standard InChI is InChI=1S/C22H18N4S/c1-13-9-15(5-7-23-13)21-12-20-22(27-21)19(6-8-24-20)26-17-3-4-18-16(11-17)10-14(2)25-18/h3-12,25H,1-2H3,(H,24,26). The third-order valence-electron chi connectivity index (χ3n) is 4.63. The van der Waals surface area contributed by atoms with Crippen LogP contribution in [0.2, 0.25) is 0 Å². The summed E-state index contributed by atoms with van der Waals surface area (Å²) in [7, 11) is 0. The van der Waals surface area contributed by atoms with Gasteiger partial charge in [0.2, 0.25) is 0 Å². The summed E-state index contributed by atoms with van der Waals surface area (Å²) in [5.74, 6) is 0. The molecule has 5 heteroatoms. The van der Waals surface area contributed by atoms with Crippen LogP contribution in [0.15, 0.2) is 60.9 Å². The summed E-state index contributed by atoms with van der Waals surface area (Å²) in [6.07, 6.45) is 3.72. The van der Waals surface area contributed by atoms with E-state index in [-0.39, 0.29) is 0 Å². The van der Waals surface area contributed by atoms with Gasteiger partial charge in [0, 0.05) is 45.2 Å². The molecule has 0 aliphatic carbocycles. The molecule has 0 saturated carbocycles. The predicted molar refractivity (Wildman–Crippen MR) is 114 cm³/mol. The Morgan fingerprint density at radius 3 is 2.70 bits per heavy atom. The molecule has 0 fully saturated rings. The molecule has 132 valence electrons. The lowest BCUT2D eigenvalue weighted by atomic mass is 10.2. The number of aromatic amines is 1. The van der Waals surface area contributed by atoms with Crippen LogP contribution < -0.4 is 5.32 Å². The molecule has 0 radical (unpaired) electrons. The summed E-state index contributed by atoms with van der Waals surface area (Å²) in [5, 5.41) is 4.78. The van der Waals surface area contributed by atoms with E-state index in [4.69, 9.17) is 0 Å². The van der Waals surface area contributed by atoms with E-state index in [1.54, 1.807) is 11.3 Å². The van der Waals surface area contributed by atoms with Crippen LogP contribution in [0.25, 0.3) is 31.6 Å². The van der Waals surface area contributed by atoms with Crippen LogP contribution in [-0.2, 0) is 0 Å². The van der Waals surface area contributed by atoms with E-state index >= 15 is 0 Å². The molecule has 5 rings (SSSR count). The number of nitrogens with one attached hydrogen (secondary N) is 2. The average molecular weight is 370 g/mol. The first-order valence-corrected chi connectivity index (χ1v) is 9.65. The Morgan fingerprint density at radius 1 is 0.926 bits per heavy atom. The first-order chi connectivity index (χ1) is 13.2. The van der Waals surface area contributed by atoms with Gasteiger partial charge in [-0.1, -0.05) is 0 Å². The van der Waals surface area contributed by atoms with Crippen molar-refractivity contribution in [2.45, 2.75) is 13.8 Å². The molecule has 0 amide bonds. The zero-order valence-electron chi connectivity index (χ0n) is 15.1. The molecule has 0 unspecified atom stereocenters. The summed E-state index contributed by atoms with van der Waals surface area (Å²) in [6, 6.07) is 16.9. The van der Waals surface area contributed by atoms with Crippen LogP contribution in [0.1, 0.15) is 11.4 Å². The second-order valence-electron chi connectivity index (χ2n) is 6.75. The van der Waals surface area contributed by atoms with Crippen molar-refractivity contribution in [2.24, 2.45) is 0 Å². The Kier molecular flexibility index (Phi) is 3.69. The molecule has 27 heavy (non-hydrogen) atoms. The number of fused-ring (bicyclic) bond motifs is 2. The van der Waals surface area contributed by atoms with E-state index in [1.165, 1.54) is 21.5 Å². The maximum atomic E-state index is 4.56. The number of anilines is 2. The van der Waals surface area contributed by atoms with Gasteiger partial charge in [0.05, 0.1) is 15.9 Å². The topological polar surface area (TPSA) is 53.6 Å². The van der Waals surface area contributed by atoms with Gasteiger partial charge < -0.3 is 10.3 Å². The summed E-state index contributed by atoms with van der Waals surface area (Å²) < 4.78 is 1.16. The number of rotatable bonds is 3. The third kappa shape index (κ3) is 2.96. The third-order valence-corrected chi connectivity index (χ3v) is 5.83. The number of H-pyrrole nitrogens is 1. The molecule has 2 N–H and O–H groups in total. The summed E-state index contributed by atoms with van der Waals surface area (Å²) in [6.45, 7) is 4.09. The van der Waals surface area contributed by atoms with Crippen LogP contribution in [0, 0.1) is 13.8 Å². The van der Waals surface area contributed by atoms with Gasteiger partial charge in [-0.2, -0.15) is 0 Å². The van der Waals surface area contributed by atoms with Gasteiger partial charge in [0.15, 0.2) is 0 Å². The van der Waals surface area contributed by atoms with E-state index in [0.29, 0.717) is 0 Å². The van der Waals surface area contributed by atoms with E-state index < -0.39 is 0 Å². The van der Waals surface area contributed by atoms with Crippen molar-refractivity contribution in [2.75, 3.05) is 5.32 Å². The van der Waals surface area contributed by atoms with Gasteiger partial charge in [-0.05, 0) is 67.9 Å². The minimum atomic E-state index is 1.01. The molecule has 0 spiro atoms. The molecule has 0 saturated heterocycles. The predicted octanol–water partition coefficient (Wildman–Crippen LogP) is 6.20. The molecule has 4 nitrogen and oxygen atoms in total. The van der Waals surface area contributed by atoms with Crippen LogP contribution in [-0.4, -0.2) is 15.0 Å². The fourth-order valence-corrected chi connectivity index (χ4v) is 4.47. The van der Waals surface area contributed by atoms with Crippen molar-refractivity contribution in [3.05, 3.63) is 72.3 Å². The maximum Gasteiger partial charge on any atom is 0.0837 e. The highest BCUT2D eigenvalue weighted by molar-refractivity contribution is 7.22. The lowest BCUT2D eigenvalue weighted by Gasteiger charge is -2.07. The quantitative estimate of drug-likeness (QED) is 0.397. The first-order valence-electron chi connectivity index (χ1n) is 8.84. The van der Waals surface area contributed by atoms with Crippen molar-refractivity contribution in [3.63, 3.8) is 0 Å². The lowest BCUT2D eigenvalue weighted by Crippen LogP contribution is -1.90. The normalized spacial score (nSPS) is 11.3. The van der Waals surface area contributed by atoms with E-state index in [9.17, 15) is 0 Å². The molecule has 0 aliphatic rings. The fraction of sp³-hybridized carbons (Fsp3) is 0.0909. The number of thiophene rings is 1. The number of hydrogen-bond acceptors (Lipinski definition) is 4. The SMILES string of the molecule is Cc1cc(-c2cc3nccc(Nc4ccc5[nH]c(C)cc5c4)c3s2)ccn1. The van der Waals surface area contributed by atoms with Gasteiger partial charge in [0.1, 0.15) is 0 Å². The van der Waals surface area contributed by atoms with E-state index in [0.717, 1.165) is 32.8 Å². The van der Waals surface area contributed by atoms with E-state index in [1.807, 2.05) is 31.5 Å². The monoisotopic (exact) mass is 370 g/mol. The maximum absolute atomic E-state index is 4.56. The number of pyridine rings is 2.